The van der Waals surface area contributed by atoms with Gasteiger partial charge in [-0.25, -0.2) is 0 Å². The van der Waals surface area contributed by atoms with Crippen molar-refractivity contribution in [1.82, 2.24) is 15.1 Å². The Morgan fingerprint density at radius 3 is 2.54 bits per heavy atom. The normalized spacial score (nSPS) is 21.7. The lowest BCUT2D eigenvalue weighted by Crippen LogP contribution is -2.54. The smallest absolute Gasteiger partial charge is 0.237 e. The van der Waals surface area contributed by atoms with Gasteiger partial charge >= 0.3 is 0 Å². The fourth-order valence-electron chi connectivity index (χ4n) is 4.51. The second-order valence-electron chi connectivity index (χ2n) is 8.13. The lowest BCUT2D eigenvalue weighted by molar-refractivity contribution is -0.127. The zero-order valence-corrected chi connectivity index (χ0v) is 16.8. The first kappa shape index (κ1) is 19.2. The van der Waals surface area contributed by atoms with Gasteiger partial charge in [0.2, 0.25) is 5.91 Å². The van der Waals surface area contributed by atoms with Crippen LogP contribution in [0.5, 0.6) is 0 Å². The summed E-state index contributed by atoms with van der Waals surface area (Å²) in [6.45, 7) is 6.97. The molecule has 2 aromatic rings. The van der Waals surface area contributed by atoms with Crippen molar-refractivity contribution < 1.29 is 4.79 Å². The molecule has 2 aromatic carbocycles. The van der Waals surface area contributed by atoms with Crippen molar-refractivity contribution in [1.29, 1.82) is 0 Å². The maximum atomic E-state index is 12.9. The predicted molar refractivity (Wildman–Crippen MR) is 113 cm³/mol. The molecule has 0 bridgehead atoms. The zero-order chi connectivity index (χ0) is 19.3. The van der Waals surface area contributed by atoms with Crippen LogP contribution < -0.4 is 5.32 Å². The molecule has 0 radical (unpaired) electrons. The molecule has 4 nitrogen and oxygen atoms in total. The number of aryl methyl sites for hydroxylation is 1. The molecule has 0 saturated carbocycles. The number of nitrogens with zero attached hydrogens (tertiary/aromatic N) is 2. The van der Waals surface area contributed by atoms with Gasteiger partial charge in [0.25, 0.3) is 0 Å². The minimum absolute atomic E-state index is 0.0760. The number of hydrogen-bond donors (Lipinski definition) is 1. The standard InChI is InChI=1S/C24H31N3O/c1-19(24(28)25-23-13-7-11-21-10-5-6-12-22(21)23)27-16-14-26(15-17-27)18-20-8-3-2-4-9-20/h2-6,8-10,12,19,23H,7,11,13-18H2,1H3,(H,25,28)/t19-,23-/m0/s1. The number of carbonyl (C=O) groups is 1. The van der Waals surface area contributed by atoms with E-state index in [0.717, 1.165) is 52.0 Å². The second kappa shape index (κ2) is 8.89. The number of piperazine rings is 1. The van der Waals surface area contributed by atoms with Gasteiger partial charge in [-0.15, -0.1) is 0 Å². The summed E-state index contributed by atoms with van der Waals surface area (Å²) in [5, 5.41) is 3.33. The van der Waals surface area contributed by atoms with Gasteiger partial charge in [0.15, 0.2) is 0 Å². The summed E-state index contributed by atoms with van der Waals surface area (Å²) in [6, 6.07) is 19.3. The molecule has 28 heavy (non-hydrogen) atoms. The largest absolute Gasteiger partial charge is 0.348 e. The van der Waals surface area contributed by atoms with Gasteiger partial charge in [-0.3, -0.25) is 14.6 Å². The summed E-state index contributed by atoms with van der Waals surface area (Å²) < 4.78 is 0. The highest BCUT2D eigenvalue weighted by molar-refractivity contribution is 5.81. The van der Waals surface area contributed by atoms with Crippen molar-refractivity contribution in [3.63, 3.8) is 0 Å². The molecule has 1 heterocycles. The van der Waals surface area contributed by atoms with Crippen LogP contribution in [0.25, 0.3) is 0 Å². The van der Waals surface area contributed by atoms with E-state index in [2.05, 4.69) is 76.6 Å². The fourth-order valence-corrected chi connectivity index (χ4v) is 4.51. The van der Waals surface area contributed by atoms with Crippen LogP contribution in [0.15, 0.2) is 54.6 Å². The maximum absolute atomic E-state index is 12.9. The van der Waals surface area contributed by atoms with Crippen LogP contribution in [0, 0.1) is 0 Å². The molecule has 0 spiro atoms. The van der Waals surface area contributed by atoms with E-state index in [9.17, 15) is 4.79 Å². The van der Waals surface area contributed by atoms with Crippen LogP contribution in [0.3, 0.4) is 0 Å². The number of nitrogens with one attached hydrogen (secondary N) is 1. The van der Waals surface area contributed by atoms with Crippen LogP contribution in [0.4, 0.5) is 0 Å². The maximum Gasteiger partial charge on any atom is 0.237 e. The van der Waals surface area contributed by atoms with Crippen LogP contribution in [0.2, 0.25) is 0 Å². The molecule has 1 fully saturated rings. The molecule has 1 amide bonds. The van der Waals surface area contributed by atoms with E-state index in [1.165, 1.54) is 16.7 Å². The lowest BCUT2D eigenvalue weighted by Gasteiger charge is -2.38. The van der Waals surface area contributed by atoms with Crippen LogP contribution in [0.1, 0.15) is 42.5 Å². The van der Waals surface area contributed by atoms with Gasteiger partial charge in [-0.05, 0) is 42.9 Å². The van der Waals surface area contributed by atoms with Crippen LogP contribution >= 0.6 is 0 Å². The topological polar surface area (TPSA) is 35.6 Å². The van der Waals surface area contributed by atoms with E-state index >= 15 is 0 Å². The number of fused-ring (bicyclic) bond motifs is 1. The Hall–Kier alpha value is -2.17. The van der Waals surface area contributed by atoms with E-state index in [1.54, 1.807) is 0 Å². The van der Waals surface area contributed by atoms with Gasteiger partial charge < -0.3 is 5.32 Å². The average Bonchev–Trinajstić information content (AvgIpc) is 2.75. The molecule has 1 aliphatic carbocycles. The van der Waals surface area contributed by atoms with E-state index in [4.69, 9.17) is 0 Å². The molecule has 2 atom stereocenters. The van der Waals surface area contributed by atoms with Crippen molar-refractivity contribution in [3.8, 4) is 0 Å². The Morgan fingerprint density at radius 2 is 1.75 bits per heavy atom. The van der Waals surface area contributed by atoms with E-state index in [1.807, 2.05) is 0 Å². The van der Waals surface area contributed by atoms with E-state index in [0.29, 0.717) is 0 Å². The summed E-state index contributed by atoms with van der Waals surface area (Å²) in [7, 11) is 0. The Balaban J connectivity index is 1.29. The first-order valence-corrected chi connectivity index (χ1v) is 10.6. The second-order valence-corrected chi connectivity index (χ2v) is 8.13. The van der Waals surface area contributed by atoms with E-state index < -0.39 is 0 Å². The lowest BCUT2D eigenvalue weighted by atomic mass is 9.87. The van der Waals surface area contributed by atoms with Crippen LogP contribution in [-0.4, -0.2) is 47.9 Å². The number of hydrogen-bond acceptors (Lipinski definition) is 3. The number of carbonyl (C=O) groups excluding carboxylic acids is 1. The molecule has 1 N–H and O–H groups in total. The summed E-state index contributed by atoms with van der Waals surface area (Å²) >= 11 is 0. The molecule has 2 aliphatic rings. The highest BCUT2D eigenvalue weighted by atomic mass is 16.2. The van der Waals surface area contributed by atoms with Crippen molar-refractivity contribution in [2.45, 2.75) is 44.8 Å². The summed E-state index contributed by atoms with van der Waals surface area (Å²) in [4.78, 5) is 17.7. The molecule has 4 rings (SSSR count). The van der Waals surface area contributed by atoms with Gasteiger partial charge in [-0.2, -0.15) is 0 Å². The van der Waals surface area contributed by atoms with Gasteiger partial charge in [0.05, 0.1) is 12.1 Å². The molecule has 1 saturated heterocycles. The Morgan fingerprint density at radius 1 is 1.04 bits per heavy atom. The summed E-state index contributed by atoms with van der Waals surface area (Å²) in [5.41, 5.74) is 4.06. The first-order chi connectivity index (χ1) is 13.7. The van der Waals surface area contributed by atoms with Crippen LogP contribution in [-0.2, 0) is 17.8 Å². The number of rotatable bonds is 5. The summed E-state index contributed by atoms with van der Waals surface area (Å²) in [6.07, 6.45) is 3.32. The average molecular weight is 378 g/mol. The van der Waals surface area contributed by atoms with E-state index in [-0.39, 0.29) is 18.0 Å². The first-order valence-electron chi connectivity index (χ1n) is 10.6. The molecule has 0 unspecified atom stereocenters. The summed E-state index contributed by atoms with van der Waals surface area (Å²) in [5.74, 6) is 0.165. The highest BCUT2D eigenvalue weighted by Crippen LogP contribution is 2.29. The Kier molecular flexibility index (Phi) is 6.08. The van der Waals surface area contributed by atoms with Gasteiger partial charge in [0, 0.05) is 32.7 Å². The zero-order valence-electron chi connectivity index (χ0n) is 16.8. The van der Waals surface area contributed by atoms with Crippen molar-refractivity contribution in [3.05, 3.63) is 71.3 Å². The number of amides is 1. The Labute approximate surface area is 168 Å². The highest BCUT2D eigenvalue weighted by Gasteiger charge is 2.28. The van der Waals surface area contributed by atoms with Gasteiger partial charge in [-0.1, -0.05) is 54.6 Å². The Bertz CT molecular complexity index is 783. The molecule has 4 heteroatoms. The third kappa shape index (κ3) is 4.45. The molecular formula is C24H31N3O. The predicted octanol–water partition coefficient (Wildman–Crippen LogP) is 3.39. The minimum Gasteiger partial charge on any atom is -0.348 e. The van der Waals surface area contributed by atoms with Crippen molar-refractivity contribution in [2.24, 2.45) is 0 Å². The van der Waals surface area contributed by atoms with Crippen molar-refractivity contribution >= 4 is 5.91 Å². The molecular weight excluding hydrogens is 346 g/mol. The monoisotopic (exact) mass is 377 g/mol. The number of benzene rings is 2. The third-order valence-corrected chi connectivity index (χ3v) is 6.27. The molecule has 1 aliphatic heterocycles. The fraction of sp³-hybridized carbons (Fsp3) is 0.458. The molecule has 0 aromatic heterocycles. The quantitative estimate of drug-likeness (QED) is 0.868. The minimum atomic E-state index is -0.0760. The van der Waals surface area contributed by atoms with Gasteiger partial charge in [0.1, 0.15) is 0 Å². The SMILES string of the molecule is C[C@@H](C(=O)N[C@H]1CCCc2ccccc21)N1CCN(Cc2ccccc2)CC1. The van der Waals surface area contributed by atoms with Crippen molar-refractivity contribution in [2.75, 3.05) is 26.2 Å². The third-order valence-electron chi connectivity index (χ3n) is 6.27. The molecule has 148 valence electrons.